The average Bonchev–Trinajstić information content (AvgIpc) is 3.24. The number of unbranched alkanes of at least 4 members (excludes halogenated alkanes) is 3. The molecule has 164 valence electrons. The summed E-state index contributed by atoms with van der Waals surface area (Å²) >= 11 is 1.12. The Bertz CT molecular complexity index is 1100. The lowest BCUT2D eigenvalue weighted by atomic mass is 10.1. The Balaban J connectivity index is 1.56. The third-order valence-corrected chi connectivity index (χ3v) is 7.04. The monoisotopic (exact) mass is 458 g/mol. The molecule has 0 atom stereocenters. The van der Waals surface area contributed by atoms with Gasteiger partial charge in [-0.15, -0.1) is 0 Å². The van der Waals surface area contributed by atoms with E-state index < -0.39 is 10.0 Å². The second-order valence-corrected chi connectivity index (χ2v) is 9.67. The first-order valence-electron chi connectivity index (χ1n) is 10.2. The fraction of sp³-hybridized carbons (Fsp3) is 0.304. The highest BCUT2D eigenvalue weighted by Gasteiger charge is 2.16. The number of carbonyl (C=O) groups is 1. The molecule has 0 amide bonds. The van der Waals surface area contributed by atoms with Crippen molar-refractivity contribution in [2.45, 2.75) is 43.4 Å². The Morgan fingerprint density at radius 1 is 1.00 bits per heavy atom. The number of anilines is 1. The molecule has 0 saturated heterocycles. The van der Waals surface area contributed by atoms with E-state index in [1.165, 1.54) is 7.11 Å². The molecule has 8 heteroatoms. The van der Waals surface area contributed by atoms with E-state index in [0.29, 0.717) is 11.4 Å². The molecule has 1 heterocycles. The summed E-state index contributed by atoms with van der Waals surface area (Å²) in [5.41, 5.74) is 2.66. The van der Waals surface area contributed by atoms with Gasteiger partial charge in [0, 0.05) is 18.1 Å². The molecule has 2 aromatic carbocycles. The third-order valence-electron chi connectivity index (χ3n) is 4.85. The molecule has 0 bridgehead atoms. The topological polar surface area (TPSA) is 85.4 Å². The van der Waals surface area contributed by atoms with Crippen LogP contribution in [0.15, 0.2) is 65.6 Å². The van der Waals surface area contributed by atoms with E-state index in [1.807, 2.05) is 36.4 Å². The molecule has 0 aliphatic rings. The summed E-state index contributed by atoms with van der Waals surface area (Å²) in [5, 5.41) is 0.481. The van der Waals surface area contributed by atoms with E-state index in [-0.39, 0.29) is 10.9 Å². The number of aryl methyl sites for hydroxylation is 1. The number of sulfonamides is 1. The number of aromatic nitrogens is 1. The number of hydrogen-bond acceptors (Lipinski definition) is 6. The molecule has 0 aliphatic carbocycles. The number of rotatable bonds is 11. The molecule has 1 aromatic heterocycles. The number of nitrogens with zero attached hydrogens (tertiary/aromatic N) is 1. The highest BCUT2D eigenvalue weighted by atomic mass is 32.2. The van der Waals surface area contributed by atoms with Crippen LogP contribution in [0, 0.1) is 0 Å². The molecule has 0 unspecified atom stereocenters. The van der Waals surface area contributed by atoms with Crippen LogP contribution >= 0.6 is 11.5 Å². The van der Waals surface area contributed by atoms with E-state index in [4.69, 9.17) is 0 Å². The number of nitrogens with one attached hydrogen (secondary N) is 1. The summed E-state index contributed by atoms with van der Waals surface area (Å²) in [6.45, 7) is 0. The van der Waals surface area contributed by atoms with Crippen LogP contribution < -0.4 is 4.72 Å². The zero-order chi connectivity index (χ0) is 22.1. The van der Waals surface area contributed by atoms with Crippen LogP contribution in [0.1, 0.15) is 37.7 Å². The molecule has 1 N–H and O–H groups in total. The molecule has 0 aliphatic heterocycles. The van der Waals surface area contributed by atoms with Gasteiger partial charge in [0.25, 0.3) is 10.0 Å². The van der Waals surface area contributed by atoms with Gasteiger partial charge in [0.15, 0.2) is 0 Å². The normalized spacial score (nSPS) is 11.3. The van der Waals surface area contributed by atoms with Gasteiger partial charge in [0.1, 0.15) is 5.00 Å². The van der Waals surface area contributed by atoms with Gasteiger partial charge in [-0.25, -0.2) is 8.42 Å². The van der Waals surface area contributed by atoms with Crippen molar-refractivity contribution in [3.63, 3.8) is 0 Å². The number of ether oxygens (including phenoxy) is 1. The summed E-state index contributed by atoms with van der Waals surface area (Å²) in [7, 11) is -2.29. The quantitative estimate of drug-likeness (QED) is 0.312. The van der Waals surface area contributed by atoms with Crippen LogP contribution in [0.4, 0.5) is 5.00 Å². The summed E-state index contributed by atoms with van der Waals surface area (Å²) < 4.78 is 37.3. The summed E-state index contributed by atoms with van der Waals surface area (Å²) in [6.07, 6.45) is 4.91. The van der Waals surface area contributed by atoms with Crippen LogP contribution in [-0.4, -0.2) is 25.9 Å². The van der Waals surface area contributed by atoms with Gasteiger partial charge in [0.05, 0.1) is 17.7 Å². The van der Waals surface area contributed by atoms with E-state index in [0.717, 1.165) is 60.5 Å². The van der Waals surface area contributed by atoms with E-state index in [9.17, 15) is 13.2 Å². The van der Waals surface area contributed by atoms with Crippen molar-refractivity contribution in [1.29, 1.82) is 0 Å². The Kier molecular flexibility index (Phi) is 8.20. The fourth-order valence-corrected chi connectivity index (χ4v) is 5.19. The third kappa shape index (κ3) is 6.90. The zero-order valence-electron chi connectivity index (χ0n) is 17.4. The van der Waals surface area contributed by atoms with Crippen molar-refractivity contribution < 1.29 is 17.9 Å². The van der Waals surface area contributed by atoms with Crippen molar-refractivity contribution in [3.05, 3.63) is 66.2 Å². The molecule has 0 fully saturated rings. The highest BCUT2D eigenvalue weighted by molar-refractivity contribution is 7.93. The van der Waals surface area contributed by atoms with Crippen LogP contribution in [0.2, 0.25) is 0 Å². The first-order valence-corrected chi connectivity index (χ1v) is 12.4. The highest BCUT2D eigenvalue weighted by Crippen LogP contribution is 2.27. The minimum atomic E-state index is -3.69. The minimum absolute atomic E-state index is 0.178. The predicted molar refractivity (Wildman–Crippen MR) is 124 cm³/mol. The van der Waals surface area contributed by atoms with Crippen molar-refractivity contribution >= 4 is 32.5 Å². The number of methoxy groups -OCH3 is 1. The SMILES string of the molecule is COC(=O)CCCCCCc1cccc(S(=O)(=O)Nc2cc(-c3ccccc3)ns2)c1. The first kappa shape index (κ1) is 23.0. The Morgan fingerprint density at radius 3 is 2.55 bits per heavy atom. The lowest BCUT2D eigenvalue weighted by Gasteiger charge is -2.08. The van der Waals surface area contributed by atoms with E-state index in [1.54, 1.807) is 24.3 Å². The van der Waals surface area contributed by atoms with Crippen LogP contribution in [0.5, 0.6) is 0 Å². The molecule has 3 aromatic rings. The molecule has 3 rings (SSSR count). The van der Waals surface area contributed by atoms with Gasteiger partial charge in [0.2, 0.25) is 0 Å². The molecule has 0 spiro atoms. The van der Waals surface area contributed by atoms with Crippen LogP contribution in [0.25, 0.3) is 11.3 Å². The van der Waals surface area contributed by atoms with Gasteiger partial charge >= 0.3 is 5.97 Å². The second-order valence-electron chi connectivity index (χ2n) is 7.19. The van der Waals surface area contributed by atoms with E-state index in [2.05, 4.69) is 13.8 Å². The Hall–Kier alpha value is -2.71. The standard InChI is InChI=1S/C23H26N2O4S2/c1-29-23(26)15-8-3-2-5-10-18-11-9-14-20(16-18)31(27,28)25-22-17-21(24-30-22)19-12-6-4-7-13-19/h4,6-7,9,11-14,16-17,25H,2-3,5,8,10,15H2,1H3. The van der Waals surface area contributed by atoms with Crippen molar-refractivity contribution in [1.82, 2.24) is 4.37 Å². The van der Waals surface area contributed by atoms with Gasteiger partial charge in [-0.2, -0.15) is 4.37 Å². The van der Waals surface area contributed by atoms with Crippen LogP contribution in [-0.2, 0) is 26.0 Å². The summed E-state index contributed by atoms with van der Waals surface area (Å²) in [4.78, 5) is 11.4. The minimum Gasteiger partial charge on any atom is -0.469 e. The van der Waals surface area contributed by atoms with Gasteiger partial charge < -0.3 is 4.74 Å². The summed E-state index contributed by atoms with van der Waals surface area (Å²) in [6, 6.07) is 18.4. The number of esters is 1. The number of carbonyl (C=O) groups excluding carboxylic acids is 1. The number of hydrogen-bond donors (Lipinski definition) is 1. The molecular weight excluding hydrogens is 432 g/mol. The molecule has 6 nitrogen and oxygen atoms in total. The maximum absolute atomic E-state index is 12.8. The van der Waals surface area contributed by atoms with Crippen LogP contribution in [0.3, 0.4) is 0 Å². The Labute approximate surface area is 187 Å². The van der Waals surface area contributed by atoms with Gasteiger partial charge in [-0.1, -0.05) is 55.3 Å². The maximum atomic E-state index is 12.8. The predicted octanol–water partition coefficient (Wildman–Crippen LogP) is 5.28. The molecule has 31 heavy (non-hydrogen) atoms. The average molecular weight is 459 g/mol. The lowest BCUT2D eigenvalue weighted by Crippen LogP contribution is -2.12. The molecule has 0 radical (unpaired) electrons. The van der Waals surface area contributed by atoms with Crippen molar-refractivity contribution in [2.24, 2.45) is 0 Å². The first-order chi connectivity index (χ1) is 15.0. The van der Waals surface area contributed by atoms with Crippen molar-refractivity contribution in [3.8, 4) is 11.3 Å². The lowest BCUT2D eigenvalue weighted by molar-refractivity contribution is -0.140. The smallest absolute Gasteiger partial charge is 0.305 e. The van der Waals surface area contributed by atoms with E-state index >= 15 is 0 Å². The van der Waals surface area contributed by atoms with Gasteiger partial charge in [-0.05, 0) is 48.5 Å². The largest absolute Gasteiger partial charge is 0.469 e. The number of benzene rings is 2. The Morgan fingerprint density at radius 2 is 1.77 bits per heavy atom. The second kappa shape index (κ2) is 11.1. The zero-order valence-corrected chi connectivity index (χ0v) is 19.0. The summed E-state index contributed by atoms with van der Waals surface area (Å²) in [5.74, 6) is -0.178. The maximum Gasteiger partial charge on any atom is 0.305 e. The van der Waals surface area contributed by atoms with Crippen molar-refractivity contribution in [2.75, 3.05) is 11.8 Å². The molecular formula is C23H26N2O4S2. The van der Waals surface area contributed by atoms with Gasteiger partial charge in [-0.3, -0.25) is 9.52 Å². The fourth-order valence-electron chi connectivity index (χ4n) is 3.18. The molecule has 0 saturated carbocycles.